The Labute approximate surface area is 116 Å². The fourth-order valence-corrected chi connectivity index (χ4v) is 2.68. The zero-order valence-corrected chi connectivity index (χ0v) is 12.7. The summed E-state index contributed by atoms with van der Waals surface area (Å²) >= 11 is 0. The highest BCUT2D eigenvalue weighted by Crippen LogP contribution is 2.43. The average molecular weight is 272 g/mol. The molecule has 0 heterocycles. The molecular weight excluding hydrogens is 244 g/mol. The van der Waals surface area contributed by atoms with Gasteiger partial charge in [0.1, 0.15) is 0 Å². The molecule has 112 valence electrons. The first kappa shape index (κ1) is 17.9. The van der Waals surface area contributed by atoms with E-state index in [4.69, 9.17) is 0 Å². The van der Waals surface area contributed by atoms with Crippen LogP contribution in [0.2, 0.25) is 0 Å². The SMILES string of the molecule is CCCCC(CCC)(CC(C)(CC)C(=O)O)C(=O)O. The fourth-order valence-electron chi connectivity index (χ4n) is 2.68. The van der Waals surface area contributed by atoms with E-state index in [9.17, 15) is 19.8 Å². The van der Waals surface area contributed by atoms with Crippen LogP contribution in [0, 0.1) is 10.8 Å². The second kappa shape index (κ2) is 7.51. The number of hydrogen-bond acceptors (Lipinski definition) is 2. The van der Waals surface area contributed by atoms with Crippen LogP contribution in [-0.4, -0.2) is 22.2 Å². The van der Waals surface area contributed by atoms with Crippen LogP contribution in [0.25, 0.3) is 0 Å². The Hall–Kier alpha value is -1.06. The summed E-state index contributed by atoms with van der Waals surface area (Å²) in [6.07, 6.45) is 4.29. The van der Waals surface area contributed by atoms with Gasteiger partial charge in [-0.1, -0.05) is 40.0 Å². The summed E-state index contributed by atoms with van der Waals surface area (Å²) in [6, 6.07) is 0. The zero-order valence-electron chi connectivity index (χ0n) is 12.7. The molecular formula is C15H28O4. The topological polar surface area (TPSA) is 74.6 Å². The van der Waals surface area contributed by atoms with E-state index in [1.807, 2.05) is 20.8 Å². The van der Waals surface area contributed by atoms with Gasteiger partial charge < -0.3 is 10.2 Å². The lowest BCUT2D eigenvalue weighted by Crippen LogP contribution is -2.40. The predicted octanol–water partition coefficient (Wildman–Crippen LogP) is 3.94. The molecule has 0 amide bonds. The van der Waals surface area contributed by atoms with Crippen LogP contribution in [0.4, 0.5) is 0 Å². The van der Waals surface area contributed by atoms with Crippen molar-refractivity contribution >= 4 is 11.9 Å². The van der Waals surface area contributed by atoms with Gasteiger partial charge in [-0.15, -0.1) is 0 Å². The summed E-state index contributed by atoms with van der Waals surface area (Å²) in [5.74, 6) is -1.74. The predicted molar refractivity (Wildman–Crippen MR) is 75.2 cm³/mol. The van der Waals surface area contributed by atoms with E-state index in [1.165, 1.54) is 0 Å². The van der Waals surface area contributed by atoms with Crippen LogP contribution in [0.3, 0.4) is 0 Å². The summed E-state index contributed by atoms with van der Waals surface area (Å²) in [5, 5.41) is 19.0. The Bertz CT molecular complexity index is 313. The minimum Gasteiger partial charge on any atom is -0.481 e. The highest BCUT2D eigenvalue weighted by Gasteiger charge is 2.45. The Kier molecular flexibility index (Phi) is 7.09. The maximum absolute atomic E-state index is 11.7. The molecule has 0 rings (SSSR count). The van der Waals surface area contributed by atoms with Gasteiger partial charge in [0.2, 0.25) is 0 Å². The maximum atomic E-state index is 11.7. The lowest BCUT2D eigenvalue weighted by atomic mass is 9.66. The number of rotatable bonds is 10. The van der Waals surface area contributed by atoms with Crippen LogP contribution in [0.5, 0.6) is 0 Å². The van der Waals surface area contributed by atoms with Crippen molar-refractivity contribution in [3.63, 3.8) is 0 Å². The molecule has 0 radical (unpaired) electrons. The Morgan fingerprint density at radius 2 is 1.53 bits per heavy atom. The third-order valence-electron chi connectivity index (χ3n) is 4.22. The van der Waals surface area contributed by atoms with Crippen molar-refractivity contribution in [1.82, 2.24) is 0 Å². The summed E-state index contributed by atoms with van der Waals surface area (Å²) < 4.78 is 0. The summed E-state index contributed by atoms with van der Waals surface area (Å²) in [4.78, 5) is 23.2. The number of unbranched alkanes of at least 4 members (excludes halogenated alkanes) is 1. The highest BCUT2D eigenvalue weighted by atomic mass is 16.4. The normalized spacial score (nSPS) is 17.5. The van der Waals surface area contributed by atoms with Crippen LogP contribution in [0.1, 0.15) is 72.6 Å². The molecule has 2 atom stereocenters. The first-order chi connectivity index (χ1) is 8.78. The second-order valence-corrected chi connectivity index (χ2v) is 5.84. The molecule has 0 aliphatic carbocycles. The molecule has 0 saturated carbocycles. The van der Waals surface area contributed by atoms with Gasteiger partial charge in [0.05, 0.1) is 10.8 Å². The Morgan fingerprint density at radius 1 is 0.947 bits per heavy atom. The minimum atomic E-state index is -0.957. The van der Waals surface area contributed by atoms with Gasteiger partial charge in [0, 0.05) is 0 Å². The van der Waals surface area contributed by atoms with E-state index in [2.05, 4.69) is 0 Å². The average Bonchev–Trinajstić information content (AvgIpc) is 2.35. The third-order valence-corrected chi connectivity index (χ3v) is 4.22. The van der Waals surface area contributed by atoms with E-state index >= 15 is 0 Å². The number of carboxylic acid groups (broad SMARTS) is 2. The molecule has 0 spiro atoms. The van der Waals surface area contributed by atoms with Crippen molar-refractivity contribution in [3.8, 4) is 0 Å². The molecule has 0 fully saturated rings. The summed E-state index contributed by atoms with van der Waals surface area (Å²) in [7, 11) is 0. The van der Waals surface area contributed by atoms with E-state index in [0.29, 0.717) is 19.3 Å². The first-order valence-electron chi connectivity index (χ1n) is 7.24. The van der Waals surface area contributed by atoms with Crippen molar-refractivity contribution < 1.29 is 19.8 Å². The van der Waals surface area contributed by atoms with E-state index in [-0.39, 0.29) is 6.42 Å². The van der Waals surface area contributed by atoms with Crippen molar-refractivity contribution in [1.29, 1.82) is 0 Å². The van der Waals surface area contributed by atoms with Crippen LogP contribution >= 0.6 is 0 Å². The van der Waals surface area contributed by atoms with Crippen LogP contribution in [0.15, 0.2) is 0 Å². The second-order valence-electron chi connectivity index (χ2n) is 5.84. The standard InChI is InChI=1S/C15H28O4/c1-5-8-10-15(9-6-2,13(18)19)11-14(4,7-3)12(16)17/h5-11H2,1-4H3,(H,16,17)(H,18,19). The first-order valence-corrected chi connectivity index (χ1v) is 7.24. The van der Waals surface area contributed by atoms with E-state index < -0.39 is 22.8 Å². The minimum absolute atomic E-state index is 0.217. The van der Waals surface area contributed by atoms with Gasteiger partial charge in [0.15, 0.2) is 0 Å². The Morgan fingerprint density at radius 3 is 1.84 bits per heavy atom. The number of carboxylic acids is 2. The van der Waals surface area contributed by atoms with Gasteiger partial charge >= 0.3 is 11.9 Å². The van der Waals surface area contributed by atoms with Gasteiger partial charge in [-0.3, -0.25) is 9.59 Å². The molecule has 0 saturated heterocycles. The summed E-state index contributed by atoms with van der Waals surface area (Å²) in [6.45, 7) is 7.45. The van der Waals surface area contributed by atoms with E-state index in [1.54, 1.807) is 6.92 Å². The van der Waals surface area contributed by atoms with Crippen molar-refractivity contribution in [2.45, 2.75) is 72.6 Å². The van der Waals surface area contributed by atoms with Gasteiger partial charge in [0.25, 0.3) is 0 Å². The highest BCUT2D eigenvalue weighted by molar-refractivity contribution is 5.78. The molecule has 0 aliphatic rings. The molecule has 0 aliphatic heterocycles. The summed E-state index contributed by atoms with van der Waals surface area (Å²) in [5.41, 5.74) is -1.85. The monoisotopic (exact) mass is 272 g/mol. The molecule has 2 unspecified atom stereocenters. The van der Waals surface area contributed by atoms with E-state index in [0.717, 1.165) is 19.3 Å². The molecule has 0 bridgehead atoms. The molecule has 0 aromatic carbocycles. The Balaban J connectivity index is 5.32. The van der Waals surface area contributed by atoms with Crippen molar-refractivity contribution in [2.24, 2.45) is 10.8 Å². The van der Waals surface area contributed by atoms with Gasteiger partial charge in [-0.25, -0.2) is 0 Å². The third kappa shape index (κ3) is 4.51. The van der Waals surface area contributed by atoms with Crippen LogP contribution in [-0.2, 0) is 9.59 Å². The molecule has 2 N–H and O–H groups in total. The quantitative estimate of drug-likeness (QED) is 0.631. The number of hydrogen-bond donors (Lipinski definition) is 2. The molecule has 0 aromatic rings. The smallest absolute Gasteiger partial charge is 0.309 e. The lowest BCUT2D eigenvalue weighted by molar-refractivity contribution is -0.158. The molecule has 0 aromatic heterocycles. The van der Waals surface area contributed by atoms with Gasteiger partial charge in [-0.2, -0.15) is 0 Å². The number of carbonyl (C=O) groups is 2. The molecule has 4 heteroatoms. The molecule has 4 nitrogen and oxygen atoms in total. The fraction of sp³-hybridized carbons (Fsp3) is 0.867. The zero-order chi connectivity index (χ0) is 15.1. The van der Waals surface area contributed by atoms with Crippen molar-refractivity contribution in [3.05, 3.63) is 0 Å². The van der Waals surface area contributed by atoms with Crippen LogP contribution < -0.4 is 0 Å². The maximum Gasteiger partial charge on any atom is 0.309 e. The number of aliphatic carboxylic acids is 2. The van der Waals surface area contributed by atoms with Crippen molar-refractivity contribution in [2.75, 3.05) is 0 Å². The molecule has 19 heavy (non-hydrogen) atoms. The largest absolute Gasteiger partial charge is 0.481 e. The van der Waals surface area contributed by atoms with Gasteiger partial charge in [-0.05, 0) is 32.6 Å². The lowest BCUT2D eigenvalue weighted by Gasteiger charge is -2.36.